The van der Waals surface area contributed by atoms with Crippen LogP contribution >= 0.6 is 0 Å². The van der Waals surface area contributed by atoms with Gasteiger partial charge in [0.15, 0.2) is 5.82 Å². The second kappa shape index (κ2) is 6.27. The van der Waals surface area contributed by atoms with Crippen molar-refractivity contribution in [3.63, 3.8) is 0 Å². The third kappa shape index (κ3) is 3.33. The van der Waals surface area contributed by atoms with Gasteiger partial charge in [0.2, 0.25) is 0 Å². The largest absolute Gasteiger partial charge is 0.478 e. The van der Waals surface area contributed by atoms with Crippen LogP contribution in [0.25, 0.3) is 0 Å². The number of likely N-dealkylation sites (tertiary alicyclic amines) is 1. The Morgan fingerprint density at radius 3 is 2.82 bits per heavy atom. The number of aromatic amines is 1. The maximum absolute atomic E-state index is 10.9. The van der Waals surface area contributed by atoms with E-state index >= 15 is 0 Å². The molecule has 1 aliphatic rings. The number of carboxylic acid groups (broad SMARTS) is 1. The molecule has 1 aromatic carbocycles. The molecule has 3 rings (SSSR count). The molecule has 0 bridgehead atoms. The first-order valence-electron chi connectivity index (χ1n) is 7.55. The number of carbonyl (C=O) groups is 1. The number of nitrogens with one attached hydrogen (secondary N) is 1. The number of carboxylic acids is 1. The highest BCUT2D eigenvalue weighted by atomic mass is 16.4. The number of H-pyrrole nitrogens is 1. The van der Waals surface area contributed by atoms with Gasteiger partial charge in [-0.25, -0.2) is 9.78 Å². The molecule has 1 fully saturated rings. The van der Waals surface area contributed by atoms with Crippen molar-refractivity contribution in [2.75, 3.05) is 13.1 Å². The highest BCUT2D eigenvalue weighted by Gasteiger charge is 2.22. The number of aromatic nitrogens is 3. The van der Waals surface area contributed by atoms with Crippen molar-refractivity contribution in [1.82, 2.24) is 20.1 Å². The second-order valence-electron chi connectivity index (χ2n) is 5.84. The third-order valence-electron chi connectivity index (χ3n) is 4.14. The molecule has 0 aliphatic carbocycles. The average molecular weight is 300 g/mol. The number of aromatic carboxylic acids is 1. The zero-order valence-electron chi connectivity index (χ0n) is 12.6. The minimum atomic E-state index is -0.878. The van der Waals surface area contributed by atoms with E-state index in [-0.39, 0.29) is 0 Å². The Kier molecular flexibility index (Phi) is 4.20. The molecule has 1 aliphatic heterocycles. The normalized spacial score (nSPS) is 19.2. The van der Waals surface area contributed by atoms with Crippen LogP contribution in [0.5, 0.6) is 0 Å². The van der Waals surface area contributed by atoms with Crippen molar-refractivity contribution < 1.29 is 9.90 Å². The second-order valence-corrected chi connectivity index (χ2v) is 5.84. The summed E-state index contributed by atoms with van der Waals surface area (Å²) in [6.07, 6.45) is 2.27. The van der Waals surface area contributed by atoms with Crippen LogP contribution in [0.2, 0.25) is 0 Å². The predicted molar refractivity (Wildman–Crippen MR) is 81.8 cm³/mol. The van der Waals surface area contributed by atoms with Crippen molar-refractivity contribution in [3.05, 3.63) is 47.0 Å². The third-order valence-corrected chi connectivity index (χ3v) is 4.14. The van der Waals surface area contributed by atoms with Gasteiger partial charge in [-0.3, -0.25) is 10.00 Å². The highest BCUT2D eigenvalue weighted by Crippen LogP contribution is 2.27. The molecule has 0 saturated carbocycles. The molecule has 2 aromatic rings. The van der Waals surface area contributed by atoms with Gasteiger partial charge in [-0.05, 0) is 49.9 Å². The minimum Gasteiger partial charge on any atom is -0.478 e. The Labute approximate surface area is 129 Å². The average Bonchev–Trinajstić information content (AvgIpc) is 2.93. The van der Waals surface area contributed by atoms with E-state index < -0.39 is 5.97 Å². The first-order valence-corrected chi connectivity index (χ1v) is 7.55. The monoisotopic (exact) mass is 300 g/mol. The Morgan fingerprint density at radius 1 is 1.41 bits per heavy atom. The molecule has 0 radical (unpaired) electrons. The summed E-state index contributed by atoms with van der Waals surface area (Å²) < 4.78 is 0. The molecule has 6 nitrogen and oxygen atoms in total. The van der Waals surface area contributed by atoms with E-state index in [1.807, 2.05) is 19.1 Å². The number of aryl methyl sites for hydroxylation is 1. The number of piperidine rings is 1. The lowest BCUT2D eigenvalue weighted by Gasteiger charge is -2.32. The summed E-state index contributed by atoms with van der Waals surface area (Å²) in [5, 5.41) is 16.0. The summed E-state index contributed by atoms with van der Waals surface area (Å²) in [6, 6.07) is 7.26. The van der Waals surface area contributed by atoms with Gasteiger partial charge in [0, 0.05) is 6.54 Å². The zero-order valence-corrected chi connectivity index (χ0v) is 12.6. The van der Waals surface area contributed by atoms with Crippen LogP contribution in [0.15, 0.2) is 24.3 Å². The number of rotatable bonds is 4. The molecular formula is C16H20N4O2. The van der Waals surface area contributed by atoms with E-state index in [1.54, 1.807) is 12.1 Å². The molecule has 22 heavy (non-hydrogen) atoms. The first kappa shape index (κ1) is 14.7. The van der Waals surface area contributed by atoms with Crippen molar-refractivity contribution in [2.45, 2.75) is 32.2 Å². The van der Waals surface area contributed by atoms with Gasteiger partial charge in [0.05, 0.1) is 12.1 Å². The molecule has 2 heterocycles. The van der Waals surface area contributed by atoms with Crippen LogP contribution in [0.1, 0.15) is 46.3 Å². The van der Waals surface area contributed by atoms with Gasteiger partial charge >= 0.3 is 5.97 Å². The van der Waals surface area contributed by atoms with Crippen molar-refractivity contribution >= 4 is 5.97 Å². The molecule has 1 saturated heterocycles. The first-order chi connectivity index (χ1) is 10.6. The summed E-state index contributed by atoms with van der Waals surface area (Å²) in [5.74, 6) is 1.24. The molecule has 1 unspecified atom stereocenters. The number of benzene rings is 1. The van der Waals surface area contributed by atoms with Crippen LogP contribution in [-0.4, -0.2) is 44.2 Å². The minimum absolute atomic E-state index is 0.340. The summed E-state index contributed by atoms with van der Waals surface area (Å²) in [7, 11) is 0. The van der Waals surface area contributed by atoms with Gasteiger partial charge < -0.3 is 5.11 Å². The van der Waals surface area contributed by atoms with Crippen LogP contribution in [-0.2, 0) is 6.54 Å². The lowest BCUT2D eigenvalue weighted by Crippen LogP contribution is -2.34. The Morgan fingerprint density at radius 2 is 2.18 bits per heavy atom. The maximum Gasteiger partial charge on any atom is 0.335 e. The van der Waals surface area contributed by atoms with E-state index in [2.05, 4.69) is 20.1 Å². The Hall–Kier alpha value is -2.21. The van der Waals surface area contributed by atoms with Crippen molar-refractivity contribution in [3.8, 4) is 0 Å². The molecule has 2 N–H and O–H groups in total. The van der Waals surface area contributed by atoms with Gasteiger partial charge in [0.1, 0.15) is 5.82 Å². The highest BCUT2D eigenvalue weighted by molar-refractivity contribution is 5.87. The molecular weight excluding hydrogens is 280 g/mol. The van der Waals surface area contributed by atoms with Crippen molar-refractivity contribution in [2.24, 2.45) is 0 Å². The van der Waals surface area contributed by atoms with Crippen LogP contribution < -0.4 is 0 Å². The fraction of sp³-hybridized carbons (Fsp3) is 0.438. The Balaban J connectivity index is 1.66. The van der Waals surface area contributed by atoms with Gasteiger partial charge in [-0.2, -0.15) is 5.10 Å². The number of nitrogens with zero attached hydrogens (tertiary/aromatic N) is 3. The molecule has 0 spiro atoms. The van der Waals surface area contributed by atoms with Gasteiger partial charge in [-0.15, -0.1) is 0 Å². The van der Waals surface area contributed by atoms with E-state index in [9.17, 15) is 4.79 Å². The molecule has 0 amide bonds. The lowest BCUT2D eigenvalue weighted by atomic mass is 9.90. The van der Waals surface area contributed by atoms with Crippen LogP contribution in [0.3, 0.4) is 0 Å². The van der Waals surface area contributed by atoms with Gasteiger partial charge in [0.25, 0.3) is 0 Å². The van der Waals surface area contributed by atoms with Crippen LogP contribution in [0.4, 0.5) is 0 Å². The zero-order chi connectivity index (χ0) is 15.5. The molecule has 1 atom stereocenters. The van der Waals surface area contributed by atoms with E-state index in [0.717, 1.165) is 44.1 Å². The smallest absolute Gasteiger partial charge is 0.335 e. The van der Waals surface area contributed by atoms with E-state index in [4.69, 9.17) is 5.11 Å². The number of hydrogen-bond acceptors (Lipinski definition) is 4. The summed E-state index contributed by atoms with van der Waals surface area (Å²) in [5.41, 5.74) is 1.55. The Bertz CT molecular complexity index is 650. The molecule has 6 heteroatoms. The maximum atomic E-state index is 10.9. The van der Waals surface area contributed by atoms with Crippen molar-refractivity contribution in [1.29, 1.82) is 0 Å². The predicted octanol–water partition coefficient (Wildman–Crippen LogP) is 2.19. The molecule has 116 valence electrons. The van der Waals surface area contributed by atoms with E-state index in [0.29, 0.717) is 11.5 Å². The van der Waals surface area contributed by atoms with E-state index in [1.165, 1.54) is 5.56 Å². The quantitative estimate of drug-likeness (QED) is 0.904. The van der Waals surface area contributed by atoms with Crippen LogP contribution in [0, 0.1) is 6.92 Å². The fourth-order valence-corrected chi connectivity index (χ4v) is 3.03. The fourth-order valence-electron chi connectivity index (χ4n) is 3.03. The number of hydrogen-bond donors (Lipinski definition) is 2. The SMILES string of the molecule is Cc1nc(CN2CCCC(c3ccc(C(=O)O)cc3)C2)n[nH]1. The lowest BCUT2D eigenvalue weighted by molar-refractivity contribution is 0.0697. The summed E-state index contributed by atoms with van der Waals surface area (Å²) in [6.45, 7) is 4.67. The standard InChI is InChI=1S/C16H20N4O2/c1-11-17-15(19-18-11)10-20-8-2-3-14(9-20)12-4-6-13(7-5-12)16(21)22/h4-7,14H,2-3,8-10H2,1H3,(H,21,22)(H,17,18,19). The summed E-state index contributed by atoms with van der Waals surface area (Å²) >= 11 is 0. The molecule has 1 aromatic heterocycles. The topological polar surface area (TPSA) is 82.1 Å². The summed E-state index contributed by atoms with van der Waals surface area (Å²) in [4.78, 5) is 17.6. The van der Waals surface area contributed by atoms with Gasteiger partial charge in [-0.1, -0.05) is 12.1 Å².